The lowest BCUT2D eigenvalue weighted by Gasteiger charge is -2.31. The van der Waals surface area contributed by atoms with Crippen molar-refractivity contribution in [3.05, 3.63) is 41.3 Å². The maximum absolute atomic E-state index is 12.4. The van der Waals surface area contributed by atoms with Crippen LogP contribution in [0.4, 0.5) is 0 Å². The van der Waals surface area contributed by atoms with E-state index in [4.69, 9.17) is 9.26 Å². The van der Waals surface area contributed by atoms with Crippen LogP contribution in [0.3, 0.4) is 0 Å². The van der Waals surface area contributed by atoms with Crippen molar-refractivity contribution in [3.63, 3.8) is 0 Å². The number of para-hydroxylation sites is 1. The lowest BCUT2D eigenvalue weighted by Crippen LogP contribution is -2.41. The fourth-order valence-electron chi connectivity index (χ4n) is 3.06. The molecule has 4 rings (SSSR count). The predicted molar refractivity (Wildman–Crippen MR) is 95.2 cm³/mol. The average Bonchev–Trinajstić information content (AvgIpc) is 3.22. The Hall–Kier alpha value is -2.41. The molecule has 0 aliphatic carbocycles. The largest absolute Gasteiger partial charge is 0.467 e. The number of carbonyl (C=O) groups is 1. The van der Waals surface area contributed by atoms with Gasteiger partial charge in [-0.2, -0.15) is 0 Å². The standard InChI is InChI=1S/C18H19N3O3S/c1-11-4-3-5-15-16(11)19-18(25-15)23-13-6-8-21(9-7-13)17(22)14-10-12(2)24-20-14/h3-5,10,13H,6-9H2,1-2H3. The third kappa shape index (κ3) is 3.24. The minimum absolute atomic E-state index is 0.0779. The van der Waals surface area contributed by atoms with Crippen LogP contribution in [-0.2, 0) is 0 Å². The van der Waals surface area contributed by atoms with Crippen LogP contribution in [-0.4, -0.2) is 40.1 Å². The SMILES string of the molecule is Cc1cc(C(=O)N2CCC(Oc3nc4c(C)cccc4s3)CC2)no1. The van der Waals surface area contributed by atoms with Crippen molar-refractivity contribution in [1.82, 2.24) is 15.0 Å². The Morgan fingerprint density at radius 1 is 1.32 bits per heavy atom. The molecule has 0 saturated carbocycles. The van der Waals surface area contributed by atoms with Gasteiger partial charge in [0, 0.05) is 32.0 Å². The fourth-order valence-corrected chi connectivity index (χ4v) is 4.02. The molecule has 1 fully saturated rings. The fraction of sp³-hybridized carbons (Fsp3) is 0.389. The van der Waals surface area contributed by atoms with E-state index < -0.39 is 0 Å². The van der Waals surface area contributed by atoms with E-state index in [2.05, 4.69) is 29.2 Å². The molecule has 0 unspecified atom stereocenters. The third-order valence-corrected chi connectivity index (χ3v) is 5.36. The summed E-state index contributed by atoms with van der Waals surface area (Å²) < 4.78 is 12.2. The van der Waals surface area contributed by atoms with Gasteiger partial charge in [0.2, 0.25) is 0 Å². The number of piperidine rings is 1. The Morgan fingerprint density at radius 3 is 2.80 bits per heavy atom. The van der Waals surface area contributed by atoms with E-state index in [9.17, 15) is 4.79 Å². The first-order chi connectivity index (χ1) is 12.1. The maximum Gasteiger partial charge on any atom is 0.276 e. The van der Waals surface area contributed by atoms with Crippen LogP contribution >= 0.6 is 11.3 Å². The molecule has 1 aliphatic heterocycles. The molecule has 1 aromatic carbocycles. The molecule has 3 aromatic rings. The van der Waals surface area contributed by atoms with Crippen LogP contribution in [0, 0.1) is 13.8 Å². The van der Waals surface area contributed by atoms with Crippen molar-refractivity contribution in [3.8, 4) is 5.19 Å². The van der Waals surface area contributed by atoms with E-state index in [1.165, 1.54) is 0 Å². The second-order valence-corrected chi connectivity index (χ2v) is 7.33. The van der Waals surface area contributed by atoms with Crippen molar-refractivity contribution in [2.24, 2.45) is 0 Å². The number of rotatable bonds is 3. The zero-order valence-electron chi connectivity index (χ0n) is 14.2. The Labute approximate surface area is 149 Å². The first-order valence-corrected chi connectivity index (χ1v) is 9.17. The Morgan fingerprint density at radius 2 is 2.12 bits per heavy atom. The molecule has 2 aromatic heterocycles. The highest BCUT2D eigenvalue weighted by molar-refractivity contribution is 7.20. The number of benzene rings is 1. The molecule has 0 bridgehead atoms. The van der Waals surface area contributed by atoms with Crippen molar-refractivity contribution in [1.29, 1.82) is 0 Å². The van der Waals surface area contributed by atoms with Gasteiger partial charge in [-0.3, -0.25) is 4.79 Å². The lowest BCUT2D eigenvalue weighted by atomic mass is 10.1. The summed E-state index contributed by atoms with van der Waals surface area (Å²) in [5.41, 5.74) is 2.54. The van der Waals surface area contributed by atoms with Crippen LogP contribution in [0.1, 0.15) is 34.7 Å². The molecule has 7 heteroatoms. The first-order valence-electron chi connectivity index (χ1n) is 8.35. The highest BCUT2D eigenvalue weighted by Gasteiger charge is 2.27. The highest BCUT2D eigenvalue weighted by atomic mass is 32.1. The van der Waals surface area contributed by atoms with Crippen LogP contribution in [0.5, 0.6) is 5.19 Å². The third-order valence-electron chi connectivity index (χ3n) is 4.44. The molecular weight excluding hydrogens is 338 g/mol. The van der Waals surface area contributed by atoms with E-state index in [0.717, 1.165) is 28.6 Å². The molecule has 3 heterocycles. The number of aryl methyl sites for hydroxylation is 2. The van der Waals surface area contributed by atoms with Gasteiger partial charge in [0.05, 0.1) is 10.2 Å². The van der Waals surface area contributed by atoms with Gasteiger partial charge in [-0.05, 0) is 25.5 Å². The number of ether oxygens (including phenoxy) is 1. The molecule has 0 spiro atoms. The van der Waals surface area contributed by atoms with Gasteiger partial charge in [-0.15, -0.1) is 0 Å². The summed E-state index contributed by atoms with van der Waals surface area (Å²) in [6.45, 7) is 5.14. The number of thiazole rings is 1. The van der Waals surface area contributed by atoms with Crippen LogP contribution < -0.4 is 4.74 Å². The maximum atomic E-state index is 12.4. The lowest BCUT2D eigenvalue weighted by molar-refractivity contribution is 0.0586. The Balaban J connectivity index is 1.38. The zero-order valence-corrected chi connectivity index (χ0v) is 15.0. The van der Waals surface area contributed by atoms with Gasteiger partial charge in [-0.1, -0.05) is 28.6 Å². The number of fused-ring (bicyclic) bond motifs is 1. The minimum Gasteiger partial charge on any atom is -0.467 e. The first kappa shape index (κ1) is 16.1. The molecular formula is C18H19N3O3S. The summed E-state index contributed by atoms with van der Waals surface area (Å²) >= 11 is 1.58. The summed E-state index contributed by atoms with van der Waals surface area (Å²) in [7, 11) is 0. The van der Waals surface area contributed by atoms with Gasteiger partial charge in [-0.25, -0.2) is 4.98 Å². The number of hydrogen-bond donors (Lipinski definition) is 0. The summed E-state index contributed by atoms with van der Waals surface area (Å²) in [5.74, 6) is 0.568. The van der Waals surface area contributed by atoms with Gasteiger partial charge in [0.25, 0.3) is 11.1 Å². The second kappa shape index (κ2) is 6.48. The van der Waals surface area contributed by atoms with E-state index in [1.54, 1.807) is 29.2 Å². The summed E-state index contributed by atoms with van der Waals surface area (Å²) in [6, 6.07) is 7.83. The van der Waals surface area contributed by atoms with Crippen LogP contribution in [0.25, 0.3) is 10.2 Å². The van der Waals surface area contributed by atoms with E-state index in [1.807, 2.05) is 6.07 Å². The summed E-state index contributed by atoms with van der Waals surface area (Å²) in [4.78, 5) is 18.8. The Bertz CT molecular complexity index is 909. The zero-order chi connectivity index (χ0) is 17.4. The molecule has 1 aliphatic rings. The summed E-state index contributed by atoms with van der Waals surface area (Å²) in [6.07, 6.45) is 1.67. The van der Waals surface area contributed by atoms with E-state index >= 15 is 0 Å². The van der Waals surface area contributed by atoms with E-state index in [0.29, 0.717) is 29.7 Å². The topological polar surface area (TPSA) is 68.5 Å². The normalized spacial score (nSPS) is 15.7. The van der Waals surface area contributed by atoms with Gasteiger partial charge in [0.1, 0.15) is 11.9 Å². The number of nitrogens with zero attached hydrogens (tertiary/aromatic N) is 3. The molecule has 0 N–H and O–H groups in total. The molecule has 1 saturated heterocycles. The van der Waals surface area contributed by atoms with Gasteiger partial charge < -0.3 is 14.2 Å². The second-order valence-electron chi connectivity index (χ2n) is 6.33. The smallest absolute Gasteiger partial charge is 0.276 e. The molecule has 0 radical (unpaired) electrons. The van der Waals surface area contributed by atoms with Crippen molar-refractivity contribution in [2.75, 3.05) is 13.1 Å². The highest BCUT2D eigenvalue weighted by Crippen LogP contribution is 2.31. The minimum atomic E-state index is -0.0779. The van der Waals surface area contributed by atoms with Crippen LogP contribution in [0.15, 0.2) is 28.8 Å². The number of carbonyl (C=O) groups excluding carboxylic acids is 1. The molecule has 0 atom stereocenters. The van der Waals surface area contributed by atoms with Crippen molar-refractivity contribution in [2.45, 2.75) is 32.8 Å². The van der Waals surface area contributed by atoms with Crippen molar-refractivity contribution < 1.29 is 14.1 Å². The Kier molecular flexibility index (Phi) is 4.17. The predicted octanol–water partition coefficient (Wildman–Crippen LogP) is 3.58. The molecule has 130 valence electrons. The number of likely N-dealkylation sites (tertiary alicyclic amines) is 1. The van der Waals surface area contributed by atoms with E-state index in [-0.39, 0.29) is 12.0 Å². The number of amides is 1. The van der Waals surface area contributed by atoms with Gasteiger partial charge >= 0.3 is 0 Å². The monoisotopic (exact) mass is 357 g/mol. The molecule has 1 amide bonds. The van der Waals surface area contributed by atoms with Crippen molar-refractivity contribution >= 4 is 27.5 Å². The molecule has 25 heavy (non-hydrogen) atoms. The average molecular weight is 357 g/mol. The van der Waals surface area contributed by atoms with Crippen LogP contribution in [0.2, 0.25) is 0 Å². The molecule has 6 nitrogen and oxygen atoms in total. The number of hydrogen-bond acceptors (Lipinski definition) is 6. The van der Waals surface area contributed by atoms with Gasteiger partial charge in [0.15, 0.2) is 5.69 Å². The number of aromatic nitrogens is 2. The summed E-state index contributed by atoms with van der Waals surface area (Å²) in [5, 5.41) is 4.51. The quantitative estimate of drug-likeness (QED) is 0.716.